The summed E-state index contributed by atoms with van der Waals surface area (Å²) in [5, 5.41) is 11.5. The molecule has 0 atom stereocenters. The lowest BCUT2D eigenvalue weighted by Gasteiger charge is -2.08. The Morgan fingerprint density at radius 2 is 2.18 bits per heavy atom. The fraction of sp³-hybridized carbons (Fsp3) is 0.267. The van der Waals surface area contributed by atoms with Gasteiger partial charge < -0.3 is 20.9 Å². The maximum Gasteiger partial charge on any atom is 0.270 e. The Morgan fingerprint density at radius 3 is 2.91 bits per heavy atom. The van der Waals surface area contributed by atoms with Crippen LogP contribution in [-0.2, 0) is 6.54 Å². The predicted octanol–water partition coefficient (Wildman–Crippen LogP) is 0.668. The molecule has 7 heteroatoms. The standard InChI is InChI=1S/C15H18N4O3/c1-10-18-13(8-14(16)19-10)15(21)17-9-11-3-2-4-12(7-11)22-6-5-20/h2-4,7-8,20H,5-6,9H2,1H3,(H,17,21)(H2,16,18,19). The lowest BCUT2D eigenvalue weighted by Crippen LogP contribution is -2.24. The molecule has 0 saturated carbocycles. The van der Waals surface area contributed by atoms with Crippen LogP contribution in [0.4, 0.5) is 5.82 Å². The summed E-state index contributed by atoms with van der Waals surface area (Å²) in [6.07, 6.45) is 0. The number of amides is 1. The third-order valence-electron chi connectivity index (χ3n) is 2.80. The van der Waals surface area contributed by atoms with Gasteiger partial charge in [-0.3, -0.25) is 4.79 Å². The molecule has 0 aliphatic carbocycles. The summed E-state index contributed by atoms with van der Waals surface area (Å²) in [6, 6.07) is 8.71. The van der Waals surface area contributed by atoms with Crippen LogP contribution < -0.4 is 15.8 Å². The molecule has 1 aromatic carbocycles. The summed E-state index contributed by atoms with van der Waals surface area (Å²) in [5.74, 6) is 1.03. The van der Waals surface area contributed by atoms with Crippen LogP contribution in [0.1, 0.15) is 21.9 Å². The molecule has 0 aliphatic rings. The monoisotopic (exact) mass is 302 g/mol. The molecule has 1 amide bonds. The van der Waals surface area contributed by atoms with Gasteiger partial charge in [0.2, 0.25) is 0 Å². The number of nitrogens with one attached hydrogen (secondary N) is 1. The van der Waals surface area contributed by atoms with Crippen molar-refractivity contribution in [3.8, 4) is 5.75 Å². The van der Waals surface area contributed by atoms with Crippen molar-refractivity contribution in [3.63, 3.8) is 0 Å². The van der Waals surface area contributed by atoms with Crippen molar-refractivity contribution in [2.75, 3.05) is 18.9 Å². The number of rotatable bonds is 6. The van der Waals surface area contributed by atoms with E-state index in [2.05, 4.69) is 15.3 Å². The zero-order chi connectivity index (χ0) is 15.9. The van der Waals surface area contributed by atoms with E-state index >= 15 is 0 Å². The van der Waals surface area contributed by atoms with Crippen molar-refractivity contribution < 1.29 is 14.6 Å². The third kappa shape index (κ3) is 4.42. The Balaban J connectivity index is 1.98. The lowest BCUT2D eigenvalue weighted by atomic mass is 10.2. The number of aliphatic hydroxyl groups excluding tert-OH is 1. The number of aliphatic hydroxyl groups is 1. The van der Waals surface area contributed by atoms with E-state index in [0.29, 0.717) is 18.1 Å². The van der Waals surface area contributed by atoms with Crippen LogP contribution in [0.2, 0.25) is 0 Å². The van der Waals surface area contributed by atoms with E-state index in [4.69, 9.17) is 15.6 Å². The minimum atomic E-state index is -0.320. The number of anilines is 1. The fourth-order valence-electron chi connectivity index (χ4n) is 1.89. The number of nitrogens with two attached hydrogens (primary N) is 1. The molecule has 0 bridgehead atoms. The van der Waals surface area contributed by atoms with Crippen molar-refractivity contribution >= 4 is 11.7 Å². The van der Waals surface area contributed by atoms with Crippen LogP contribution in [0.15, 0.2) is 30.3 Å². The van der Waals surface area contributed by atoms with E-state index in [-0.39, 0.29) is 30.6 Å². The van der Waals surface area contributed by atoms with Crippen molar-refractivity contribution in [1.29, 1.82) is 0 Å². The molecule has 0 aliphatic heterocycles. The molecule has 1 aromatic heterocycles. The highest BCUT2D eigenvalue weighted by Gasteiger charge is 2.09. The van der Waals surface area contributed by atoms with Gasteiger partial charge in [0.1, 0.15) is 29.7 Å². The van der Waals surface area contributed by atoms with Crippen LogP contribution in [0.5, 0.6) is 5.75 Å². The van der Waals surface area contributed by atoms with Crippen LogP contribution in [0.25, 0.3) is 0 Å². The zero-order valence-corrected chi connectivity index (χ0v) is 12.2. The molecular formula is C15H18N4O3. The Morgan fingerprint density at radius 1 is 1.36 bits per heavy atom. The van der Waals surface area contributed by atoms with Gasteiger partial charge in [-0.15, -0.1) is 0 Å². The van der Waals surface area contributed by atoms with Gasteiger partial charge in [-0.05, 0) is 24.6 Å². The second kappa shape index (κ2) is 7.37. The highest BCUT2D eigenvalue weighted by molar-refractivity contribution is 5.92. The predicted molar refractivity (Wildman–Crippen MR) is 81.4 cm³/mol. The Kier molecular flexibility index (Phi) is 5.26. The number of hydrogen-bond acceptors (Lipinski definition) is 6. The van der Waals surface area contributed by atoms with Crippen LogP contribution in [-0.4, -0.2) is 34.2 Å². The minimum Gasteiger partial charge on any atom is -0.491 e. The molecule has 0 radical (unpaired) electrons. The molecule has 0 saturated heterocycles. The number of hydrogen-bond donors (Lipinski definition) is 3. The number of ether oxygens (including phenoxy) is 1. The van der Waals surface area contributed by atoms with Crippen molar-refractivity contribution in [2.45, 2.75) is 13.5 Å². The largest absolute Gasteiger partial charge is 0.491 e. The smallest absolute Gasteiger partial charge is 0.270 e. The number of aryl methyl sites for hydroxylation is 1. The molecule has 1 heterocycles. The van der Waals surface area contributed by atoms with E-state index < -0.39 is 0 Å². The van der Waals surface area contributed by atoms with Gasteiger partial charge in [0.25, 0.3) is 5.91 Å². The highest BCUT2D eigenvalue weighted by Crippen LogP contribution is 2.13. The first-order valence-corrected chi connectivity index (χ1v) is 6.80. The molecule has 0 unspecified atom stereocenters. The Hall–Kier alpha value is -2.67. The first kappa shape index (κ1) is 15.7. The minimum absolute atomic E-state index is 0.0462. The second-order valence-corrected chi connectivity index (χ2v) is 4.63. The molecule has 2 rings (SSSR count). The molecule has 0 fully saturated rings. The molecule has 22 heavy (non-hydrogen) atoms. The number of carbonyl (C=O) groups is 1. The Bertz CT molecular complexity index is 641. The van der Waals surface area contributed by atoms with E-state index in [1.54, 1.807) is 19.1 Å². The van der Waals surface area contributed by atoms with Crippen molar-refractivity contribution in [3.05, 3.63) is 47.4 Å². The van der Waals surface area contributed by atoms with Crippen LogP contribution >= 0.6 is 0 Å². The maximum absolute atomic E-state index is 12.1. The normalized spacial score (nSPS) is 10.3. The summed E-state index contributed by atoms with van der Waals surface area (Å²) in [7, 11) is 0. The van der Waals surface area contributed by atoms with Gasteiger partial charge in [0.15, 0.2) is 0 Å². The molecule has 116 valence electrons. The average molecular weight is 302 g/mol. The van der Waals surface area contributed by atoms with E-state index in [9.17, 15) is 4.79 Å². The number of nitrogens with zero attached hydrogens (tertiary/aromatic N) is 2. The van der Waals surface area contributed by atoms with Gasteiger partial charge in [0, 0.05) is 12.6 Å². The molecule has 2 aromatic rings. The van der Waals surface area contributed by atoms with Gasteiger partial charge in [-0.1, -0.05) is 12.1 Å². The number of carbonyl (C=O) groups excluding carboxylic acids is 1. The molecule has 7 nitrogen and oxygen atoms in total. The first-order valence-electron chi connectivity index (χ1n) is 6.80. The number of benzene rings is 1. The summed E-state index contributed by atoms with van der Waals surface area (Å²) in [6.45, 7) is 2.19. The van der Waals surface area contributed by atoms with Crippen LogP contribution in [0, 0.1) is 6.92 Å². The van der Waals surface area contributed by atoms with E-state index in [1.807, 2.05) is 12.1 Å². The lowest BCUT2D eigenvalue weighted by molar-refractivity contribution is 0.0945. The fourth-order valence-corrected chi connectivity index (χ4v) is 1.89. The van der Waals surface area contributed by atoms with E-state index in [1.165, 1.54) is 6.07 Å². The summed E-state index contributed by atoms with van der Waals surface area (Å²) in [5.41, 5.74) is 6.71. The quantitative estimate of drug-likeness (QED) is 0.723. The molecular weight excluding hydrogens is 284 g/mol. The van der Waals surface area contributed by atoms with Gasteiger partial charge >= 0.3 is 0 Å². The Labute approximate surface area is 128 Å². The summed E-state index contributed by atoms with van der Waals surface area (Å²) in [4.78, 5) is 20.0. The van der Waals surface area contributed by atoms with Gasteiger partial charge in [0.05, 0.1) is 6.61 Å². The highest BCUT2D eigenvalue weighted by atomic mass is 16.5. The maximum atomic E-state index is 12.1. The summed E-state index contributed by atoms with van der Waals surface area (Å²) >= 11 is 0. The first-order chi connectivity index (χ1) is 10.6. The molecule has 0 spiro atoms. The third-order valence-corrected chi connectivity index (χ3v) is 2.80. The van der Waals surface area contributed by atoms with E-state index in [0.717, 1.165) is 5.56 Å². The summed E-state index contributed by atoms with van der Waals surface area (Å²) < 4.78 is 5.32. The van der Waals surface area contributed by atoms with Crippen molar-refractivity contribution in [1.82, 2.24) is 15.3 Å². The van der Waals surface area contributed by atoms with Gasteiger partial charge in [-0.2, -0.15) is 0 Å². The second-order valence-electron chi connectivity index (χ2n) is 4.63. The zero-order valence-electron chi connectivity index (χ0n) is 12.2. The van der Waals surface area contributed by atoms with Gasteiger partial charge in [-0.25, -0.2) is 9.97 Å². The number of aromatic nitrogens is 2. The van der Waals surface area contributed by atoms with Crippen molar-refractivity contribution in [2.24, 2.45) is 0 Å². The topological polar surface area (TPSA) is 110 Å². The average Bonchev–Trinajstić information content (AvgIpc) is 2.50. The SMILES string of the molecule is Cc1nc(N)cc(C(=O)NCc2cccc(OCCO)c2)n1. The number of nitrogen functional groups attached to an aromatic ring is 1. The van der Waals surface area contributed by atoms with Crippen LogP contribution in [0.3, 0.4) is 0 Å². The molecule has 4 N–H and O–H groups in total.